The number of carbonyl (C=O) groups is 1. The van der Waals surface area contributed by atoms with Gasteiger partial charge in [-0.2, -0.15) is 0 Å². The fourth-order valence-electron chi connectivity index (χ4n) is 1.88. The number of benzene rings is 1. The summed E-state index contributed by atoms with van der Waals surface area (Å²) >= 11 is 0. The second-order valence-electron chi connectivity index (χ2n) is 4.21. The van der Waals surface area contributed by atoms with Gasteiger partial charge >= 0.3 is 6.09 Å². The monoisotopic (exact) mass is 234 g/mol. The zero-order valence-corrected chi connectivity index (χ0v) is 9.82. The maximum atomic E-state index is 11.5. The van der Waals surface area contributed by atoms with E-state index in [1.165, 1.54) is 6.42 Å². The Bertz CT molecular complexity index is 348. The molecule has 1 saturated heterocycles. The van der Waals surface area contributed by atoms with E-state index in [1.54, 1.807) is 0 Å². The van der Waals surface area contributed by atoms with Gasteiger partial charge in [-0.25, -0.2) is 4.79 Å². The van der Waals surface area contributed by atoms with Crippen molar-refractivity contribution in [1.29, 1.82) is 0 Å². The molecule has 1 heterocycles. The molecule has 1 aromatic carbocycles. The molecule has 0 unspecified atom stereocenters. The number of piperidine rings is 1. The highest BCUT2D eigenvalue weighted by atomic mass is 16.5. The van der Waals surface area contributed by atoms with Crippen LogP contribution in [0, 0.1) is 0 Å². The van der Waals surface area contributed by atoms with Crippen molar-refractivity contribution in [3.05, 3.63) is 35.9 Å². The Hall–Kier alpha value is -1.55. The Morgan fingerprint density at radius 2 is 2.18 bits per heavy atom. The molecule has 1 atom stereocenters. The highest BCUT2D eigenvalue weighted by molar-refractivity contribution is 5.67. The van der Waals surface area contributed by atoms with Gasteiger partial charge in [0, 0.05) is 0 Å². The van der Waals surface area contributed by atoms with Crippen LogP contribution in [0.3, 0.4) is 0 Å². The minimum absolute atomic E-state index is 0.0621. The summed E-state index contributed by atoms with van der Waals surface area (Å²) in [4.78, 5) is 11.5. The highest BCUT2D eigenvalue weighted by Crippen LogP contribution is 2.05. The van der Waals surface area contributed by atoms with E-state index in [-0.39, 0.29) is 12.3 Å². The lowest BCUT2D eigenvalue weighted by Gasteiger charge is -2.23. The van der Waals surface area contributed by atoms with Crippen LogP contribution in [0.15, 0.2) is 30.3 Å². The first-order valence-corrected chi connectivity index (χ1v) is 6.05. The second-order valence-corrected chi connectivity index (χ2v) is 4.21. The molecule has 4 heteroatoms. The van der Waals surface area contributed by atoms with E-state index in [9.17, 15) is 4.79 Å². The Balaban J connectivity index is 1.70. The fraction of sp³-hybridized carbons (Fsp3) is 0.462. The van der Waals surface area contributed by atoms with Gasteiger partial charge < -0.3 is 10.1 Å². The molecule has 0 radical (unpaired) electrons. The third-order valence-corrected chi connectivity index (χ3v) is 2.82. The summed E-state index contributed by atoms with van der Waals surface area (Å²) in [5.74, 6) is 0. The Morgan fingerprint density at radius 1 is 1.35 bits per heavy atom. The van der Waals surface area contributed by atoms with Crippen LogP contribution in [0.2, 0.25) is 0 Å². The standard InChI is InChI=1S/C13H18N2O2/c16-13(15-12-8-4-5-9-14-12)17-10-11-6-2-1-3-7-11/h1-3,6-7,12,14H,4-5,8-10H2,(H,15,16)/t12-/m1/s1. The number of ether oxygens (including phenoxy) is 1. The maximum Gasteiger partial charge on any atom is 0.408 e. The Labute approximate surface area is 101 Å². The lowest BCUT2D eigenvalue weighted by atomic mass is 10.1. The molecule has 0 aliphatic carbocycles. The summed E-state index contributed by atoms with van der Waals surface area (Å²) in [6, 6.07) is 9.67. The van der Waals surface area contributed by atoms with Crippen LogP contribution in [0.4, 0.5) is 4.79 Å². The smallest absolute Gasteiger partial charge is 0.408 e. The lowest BCUT2D eigenvalue weighted by Crippen LogP contribution is -2.47. The molecule has 1 aliphatic rings. The van der Waals surface area contributed by atoms with Crippen molar-refractivity contribution in [2.75, 3.05) is 6.54 Å². The number of carbonyl (C=O) groups excluding carboxylic acids is 1. The molecule has 2 N–H and O–H groups in total. The molecule has 0 saturated carbocycles. The maximum absolute atomic E-state index is 11.5. The average molecular weight is 234 g/mol. The molecule has 1 aliphatic heterocycles. The summed E-state index contributed by atoms with van der Waals surface area (Å²) in [5.41, 5.74) is 0.999. The zero-order valence-electron chi connectivity index (χ0n) is 9.82. The second kappa shape index (κ2) is 6.25. The summed E-state index contributed by atoms with van der Waals surface area (Å²) in [6.07, 6.45) is 3.01. The van der Waals surface area contributed by atoms with Gasteiger partial charge in [-0.05, 0) is 31.4 Å². The number of rotatable bonds is 3. The molecule has 1 amide bonds. The summed E-state index contributed by atoms with van der Waals surface area (Å²) in [7, 11) is 0. The van der Waals surface area contributed by atoms with Crippen molar-refractivity contribution in [3.8, 4) is 0 Å². The summed E-state index contributed by atoms with van der Waals surface area (Å²) in [6.45, 7) is 1.28. The minimum atomic E-state index is -0.353. The van der Waals surface area contributed by atoms with Gasteiger partial charge in [0.15, 0.2) is 0 Å². The molecule has 2 rings (SSSR count). The van der Waals surface area contributed by atoms with Gasteiger partial charge in [-0.3, -0.25) is 5.32 Å². The van der Waals surface area contributed by atoms with Crippen LogP contribution in [-0.2, 0) is 11.3 Å². The third kappa shape index (κ3) is 4.07. The van der Waals surface area contributed by atoms with Gasteiger partial charge in [0.1, 0.15) is 6.61 Å². The molecular weight excluding hydrogens is 216 g/mol. The van der Waals surface area contributed by atoms with Gasteiger partial charge in [0.2, 0.25) is 0 Å². The van der Waals surface area contributed by atoms with Crippen LogP contribution in [0.25, 0.3) is 0 Å². The van der Waals surface area contributed by atoms with Gasteiger partial charge in [0.25, 0.3) is 0 Å². The number of amides is 1. The molecule has 0 aromatic heterocycles. The highest BCUT2D eigenvalue weighted by Gasteiger charge is 2.15. The Morgan fingerprint density at radius 3 is 2.88 bits per heavy atom. The summed E-state index contributed by atoms with van der Waals surface area (Å²) < 4.78 is 5.14. The van der Waals surface area contributed by atoms with E-state index in [1.807, 2.05) is 30.3 Å². The SMILES string of the molecule is O=C(N[C@@H]1CCCCN1)OCc1ccccc1. The quantitative estimate of drug-likeness (QED) is 0.841. The van der Waals surface area contributed by atoms with Crippen LogP contribution < -0.4 is 10.6 Å². The topological polar surface area (TPSA) is 50.4 Å². The third-order valence-electron chi connectivity index (χ3n) is 2.82. The number of hydrogen-bond acceptors (Lipinski definition) is 3. The predicted molar refractivity (Wildman–Crippen MR) is 65.4 cm³/mol. The molecular formula is C13H18N2O2. The predicted octanol–water partition coefficient (Wildman–Crippen LogP) is 2.01. The number of nitrogens with one attached hydrogen (secondary N) is 2. The molecule has 92 valence electrons. The fourth-order valence-corrected chi connectivity index (χ4v) is 1.88. The van der Waals surface area contributed by atoms with Gasteiger partial charge in [-0.15, -0.1) is 0 Å². The lowest BCUT2D eigenvalue weighted by molar-refractivity contribution is 0.131. The van der Waals surface area contributed by atoms with Crippen molar-refractivity contribution in [1.82, 2.24) is 10.6 Å². The van der Waals surface area contributed by atoms with Crippen molar-refractivity contribution in [3.63, 3.8) is 0 Å². The molecule has 4 nitrogen and oxygen atoms in total. The average Bonchev–Trinajstić information content (AvgIpc) is 2.39. The molecule has 0 spiro atoms. The first-order valence-electron chi connectivity index (χ1n) is 6.05. The summed E-state index contributed by atoms with van der Waals surface area (Å²) in [5, 5.41) is 6.05. The van der Waals surface area contributed by atoms with E-state index >= 15 is 0 Å². The normalized spacial score (nSPS) is 19.6. The van der Waals surface area contributed by atoms with Crippen LogP contribution >= 0.6 is 0 Å². The molecule has 1 fully saturated rings. The zero-order chi connectivity index (χ0) is 11.9. The van der Waals surface area contributed by atoms with E-state index in [4.69, 9.17) is 4.74 Å². The van der Waals surface area contributed by atoms with E-state index < -0.39 is 0 Å². The molecule has 0 bridgehead atoms. The van der Waals surface area contributed by atoms with Crippen molar-refractivity contribution in [2.45, 2.75) is 32.0 Å². The number of hydrogen-bond donors (Lipinski definition) is 2. The van der Waals surface area contributed by atoms with Crippen molar-refractivity contribution >= 4 is 6.09 Å². The minimum Gasteiger partial charge on any atom is -0.445 e. The number of alkyl carbamates (subject to hydrolysis) is 1. The van der Waals surface area contributed by atoms with Gasteiger partial charge in [0.05, 0.1) is 6.17 Å². The van der Waals surface area contributed by atoms with Crippen LogP contribution in [0.1, 0.15) is 24.8 Å². The van der Waals surface area contributed by atoms with Crippen molar-refractivity contribution < 1.29 is 9.53 Å². The molecule has 17 heavy (non-hydrogen) atoms. The van der Waals surface area contributed by atoms with Gasteiger partial charge in [-0.1, -0.05) is 30.3 Å². The van der Waals surface area contributed by atoms with E-state index in [0.717, 1.165) is 24.9 Å². The van der Waals surface area contributed by atoms with Crippen LogP contribution in [0.5, 0.6) is 0 Å². The van der Waals surface area contributed by atoms with E-state index in [2.05, 4.69) is 10.6 Å². The van der Waals surface area contributed by atoms with E-state index in [0.29, 0.717) is 6.61 Å². The first kappa shape index (κ1) is 11.9. The largest absolute Gasteiger partial charge is 0.445 e. The van der Waals surface area contributed by atoms with Crippen LogP contribution in [-0.4, -0.2) is 18.8 Å². The first-order chi connectivity index (χ1) is 8.34. The Kier molecular flexibility index (Phi) is 4.38. The molecule has 1 aromatic rings. The van der Waals surface area contributed by atoms with Crippen molar-refractivity contribution in [2.24, 2.45) is 0 Å².